The van der Waals surface area contributed by atoms with Crippen LogP contribution in [-0.2, 0) is 38.1 Å². The van der Waals surface area contributed by atoms with Crippen LogP contribution in [0.25, 0.3) is 0 Å². The molecule has 4 bridgehead atoms. The third-order valence-electron chi connectivity index (χ3n) is 10.4. The van der Waals surface area contributed by atoms with Gasteiger partial charge >= 0.3 is 23.9 Å². The summed E-state index contributed by atoms with van der Waals surface area (Å²) in [6.07, 6.45) is 10.6. The van der Waals surface area contributed by atoms with Gasteiger partial charge in [-0.3, -0.25) is 14.4 Å². The maximum absolute atomic E-state index is 13.0. The highest BCUT2D eigenvalue weighted by Gasteiger charge is 2.58. The number of ether oxygens (including phenoxy) is 4. The SMILES string of the molecule is CC.CCC(C)(C)C(=O)OCCOC(=O)C1CCCCC1C(=O)OCC(=O)OC(C)(C)C12CC3CC(CC(C3)C1)C2. The number of carbonyl (C=O) groups excluding carboxylic acids is 4. The van der Waals surface area contributed by atoms with Gasteiger partial charge in [0.1, 0.15) is 18.8 Å². The normalized spacial score (nSPS) is 30.5. The van der Waals surface area contributed by atoms with Crippen LogP contribution in [0.2, 0.25) is 0 Å². The Kier molecular flexibility index (Phi) is 11.3. The van der Waals surface area contributed by atoms with E-state index in [0.29, 0.717) is 19.3 Å². The van der Waals surface area contributed by atoms with Crippen LogP contribution in [0.1, 0.15) is 119 Å². The molecule has 0 saturated heterocycles. The lowest BCUT2D eigenvalue weighted by Crippen LogP contribution is -2.57. The zero-order valence-corrected chi connectivity index (χ0v) is 26.6. The van der Waals surface area contributed by atoms with E-state index in [9.17, 15) is 19.2 Å². The molecule has 0 amide bonds. The number of carbonyl (C=O) groups is 4. The Bertz CT molecular complexity index is 900. The molecule has 8 nitrogen and oxygen atoms in total. The van der Waals surface area contributed by atoms with Gasteiger partial charge in [-0.2, -0.15) is 0 Å². The predicted molar refractivity (Wildman–Crippen MR) is 155 cm³/mol. The lowest BCUT2D eigenvalue weighted by molar-refractivity contribution is -0.203. The third-order valence-corrected chi connectivity index (χ3v) is 10.4. The van der Waals surface area contributed by atoms with E-state index in [1.165, 1.54) is 19.3 Å². The highest BCUT2D eigenvalue weighted by molar-refractivity contribution is 5.84. The van der Waals surface area contributed by atoms with Crippen molar-refractivity contribution in [2.24, 2.45) is 40.4 Å². The second-order valence-corrected chi connectivity index (χ2v) is 13.8. The average molecular weight is 579 g/mol. The molecule has 0 aromatic carbocycles. The molecule has 2 unspecified atom stereocenters. The van der Waals surface area contributed by atoms with Crippen molar-refractivity contribution in [1.29, 1.82) is 0 Å². The van der Waals surface area contributed by atoms with Crippen LogP contribution in [0.3, 0.4) is 0 Å². The van der Waals surface area contributed by atoms with Crippen LogP contribution in [0.15, 0.2) is 0 Å². The predicted octanol–water partition coefficient (Wildman–Crippen LogP) is 6.42. The average Bonchev–Trinajstić information content (AvgIpc) is 2.93. The van der Waals surface area contributed by atoms with Crippen molar-refractivity contribution in [3.05, 3.63) is 0 Å². The molecular weight excluding hydrogens is 524 g/mol. The van der Waals surface area contributed by atoms with E-state index >= 15 is 0 Å². The van der Waals surface area contributed by atoms with E-state index in [-0.39, 0.29) is 24.6 Å². The van der Waals surface area contributed by atoms with Gasteiger partial charge in [-0.25, -0.2) is 4.79 Å². The Morgan fingerprint density at radius 3 is 1.68 bits per heavy atom. The van der Waals surface area contributed by atoms with Crippen LogP contribution >= 0.6 is 0 Å². The van der Waals surface area contributed by atoms with Crippen LogP contribution in [0.5, 0.6) is 0 Å². The fraction of sp³-hybridized carbons (Fsp3) is 0.879. The molecule has 2 atom stereocenters. The summed E-state index contributed by atoms with van der Waals surface area (Å²) >= 11 is 0. The molecule has 5 saturated carbocycles. The first kappa shape index (κ1) is 33.4. The maximum Gasteiger partial charge on any atom is 0.344 e. The van der Waals surface area contributed by atoms with E-state index in [4.69, 9.17) is 18.9 Å². The standard InChI is InChI=1S/C31H48O8.C2H6/c1-6-29(2,3)28(35)37-12-11-36-26(33)23-9-7-8-10-24(23)27(34)38-19-25(32)39-30(4,5)31-16-20-13-21(17-31)15-22(14-20)18-31;1-2/h20-24H,6-19H2,1-5H3;1-2H3. The molecule has 0 heterocycles. The van der Waals surface area contributed by atoms with E-state index < -0.39 is 47.4 Å². The monoisotopic (exact) mass is 578 g/mol. The summed E-state index contributed by atoms with van der Waals surface area (Å²) in [5, 5.41) is 0. The fourth-order valence-electron chi connectivity index (χ4n) is 7.93. The zero-order valence-electron chi connectivity index (χ0n) is 26.6. The largest absolute Gasteiger partial charge is 0.462 e. The van der Waals surface area contributed by atoms with Crippen molar-refractivity contribution in [3.8, 4) is 0 Å². The summed E-state index contributed by atoms with van der Waals surface area (Å²) in [6, 6.07) is 0. The molecule has 0 aromatic heterocycles. The minimum atomic E-state index is -0.656. The first-order valence-electron chi connectivity index (χ1n) is 16.1. The molecule has 5 aliphatic rings. The summed E-state index contributed by atoms with van der Waals surface area (Å²) in [7, 11) is 0. The number of esters is 4. The maximum atomic E-state index is 13.0. The molecule has 234 valence electrons. The van der Waals surface area contributed by atoms with Gasteiger partial charge in [-0.15, -0.1) is 0 Å². The highest BCUT2D eigenvalue weighted by Crippen LogP contribution is 2.64. The van der Waals surface area contributed by atoms with Crippen molar-refractivity contribution in [3.63, 3.8) is 0 Å². The van der Waals surface area contributed by atoms with Crippen LogP contribution < -0.4 is 0 Å². The van der Waals surface area contributed by atoms with Gasteiger partial charge in [0.2, 0.25) is 0 Å². The Hall–Kier alpha value is -2.12. The van der Waals surface area contributed by atoms with Gasteiger partial charge in [0.05, 0.1) is 17.3 Å². The van der Waals surface area contributed by atoms with E-state index in [0.717, 1.165) is 49.9 Å². The van der Waals surface area contributed by atoms with Crippen molar-refractivity contribution in [1.82, 2.24) is 0 Å². The molecule has 5 rings (SSSR count). The van der Waals surface area contributed by atoms with Gasteiger partial charge in [0.25, 0.3) is 0 Å². The topological polar surface area (TPSA) is 105 Å². The Balaban J connectivity index is 0.00000226. The molecule has 0 aliphatic heterocycles. The van der Waals surface area contributed by atoms with Gasteiger partial charge in [0.15, 0.2) is 6.61 Å². The molecular formula is C33H54O8. The smallest absolute Gasteiger partial charge is 0.344 e. The second-order valence-electron chi connectivity index (χ2n) is 13.8. The fourth-order valence-corrected chi connectivity index (χ4v) is 7.93. The van der Waals surface area contributed by atoms with Crippen molar-refractivity contribution in [2.75, 3.05) is 19.8 Å². The highest BCUT2D eigenvalue weighted by atomic mass is 16.6. The van der Waals surface area contributed by atoms with Gasteiger partial charge in [-0.1, -0.05) is 33.6 Å². The van der Waals surface area contributed by atoms with E-state index in [1.54, 1.807) is 13.8 Å². The quantitative estimate of drug-likeness (QED) is 0.157. The van der Waals surface area contributed by atoms with Crippen molar-refractivity contribution >= 4 is 23.9 Å². The first-order chi connectivity index (χ1) is 19.4. The number of hydrogen-bond donors (Lipinski definition) is 0. The van der Waals surface area contributed by atoms with E-state index in [2.05, 4.69) is 0 Å². The Morgan fingerprint density at radius 2 is 1.20 bits per heavy atom. The van der Waals surface area contributed by atoms with E-state index in [1.807, 2.05) is 34.6 Å². The molecule has 0 aromatic rings. The molecule has 5 aliphatic carbocycles. The zero-order chi connectivity index (χ0) is 30.4. The summed E-state index contributed by atoms with van der Waals surface area (Å²) in [4.78, 5) is 50.7. The van der Waals surface area contributed by atoms with Gasteiger partial charge in [0, 0.05) is 5.41 Å². The molecule has 8 heteroatoms. The Morgan fingerprint density at radius 1 is 0.732 bits per heavy atom. The lowest BCUT2D eigenvalue weighted by atomic mass is 9.46. The third kappa shape index (κ3) is 7.84. The van der Waals surface area contributed by atoms with Crippen LogP contribution in [0, 0.1) is 40.4 Å². The minimum absolute atomic E-state index is 0.0141. The molecule has 41 heavy (non-hydrogen) atoms. The Labute approximate surface area is 247 Å². The summed E-state index contributed by atoms with van der Waals surface area (Å²) in [5.74, 6) is -0.981. The molecule has 0 radical (unpaired) electrons. The molecule has 0 spiro atoms. The molecule has 5 fully saturated rings. The summed E-state index contributed by atoms with van der Waals surface area (Å²) in [5.41, 5.74) is -1.19. The first-order valence-corrected chi connectivity index (χ1v) is 16.1. The summed E-state index contributed by atoms with van der Waals surface area (Å²) < 4.78 is 22.0. The lowest BCUT2D eigenvalue weighted by Gasteiger charge is -2.61. The van der Waals surface area contributed by atoms with Crippen LogP contribution in [0.4, 0.5) is 0 Å². The molecule has 0 N–H and O–H groups in total. The summed E-state index contributed by atoms with van der Waals surface area (Å²) in [6.45, 7) is 13.0. The van der Waals surface area contributed by atoms with Gasteiger partial charge in [-0.05, 0) is 103 Å². The van der Waals surface area contributed by atoms with Crippen molar-refractivity contribution in [2.45, 2.75) is 125 Å². The number of rotatable bonds is 11. The minimum Gasteiger partial charge on any atom is -0.462 e. The van der Waals surface area contributed by atoms with Gasteiger partial charge < -0.3 is 18.9 Å². The van der Waals surface area contributed by atoms with Crippen LogP contribution in [-0.4, -0.2) is 49.3 Å². The van der Waals surface area contributed by atoms with Crippen molar-refractivity contribution < 1.29 is 38.1 Å². The number of hydrogen-bond acceptors (Lipinski definition) is 8. The second kappa shape index (κ2) is 13.9.